The maximum absolute atomic E-state index is 12.6. The number of hydrogen-bond acceptors (Lipinski definition) is 4. The number of carbonyl (C=O) groups excluding carboxylic acids is 1. The van der Waals surface area contributed by atoms with Crippen LogP contribution < -0.4 is 10.2 Å². The lowest BCUT2D eigenvalue weighted by Gasteiger charge is -2.35. The second-order valence-electron chi connectivity index (χ2n) is 6.87. The molecule has 0 saturated carbocycles. The van der Waals surface area contributed by atoms with E-state index in [0.717, 1.165) is 22.8 Å². The fourth-order valence-electron chi connectivity index (χ4n) is 3.40. The molecule has 1 fully saturated rings. The van der Waals surface area contributed by atoms with Gasteiger partial charge in [0.2, 0.25) is 5.91 Å². The van der Waals surface area contributed by atoms with Gasteiger partial charge in [-0.3, -0.25) is 14.5 Å². The van der Waals surface area contributed by atoms with Crippen LogP contribution in [0.25, 0.3) is 11.3 Å². The smallest absolute Gasteiger partial charge is 0.246 e. The van der Waals surface area contributed by atoms with Gasteiger partial charge in [-0.1, -0.05) is 30.3 Å². The molecule has 1 aliphatic rings. The van der Waals surface area contributed by atoms with Gasteiger partial charge in [0.25, 0.3) is 0 Å². The molecular weight excluding hydrogens is 495 g/mol. The van der Waals surface area contributed by atoms with E-state index in [-0.39, 0.29) is 36.4 Å². The van der Waals surface area contributed by atoms with Crippen LogP contribution in [0.3, 0.4) is 0 Å². The Bertz CT molecular complexity index is 1010. The van der Waals surface area contributed by atoms with Crippen molar-refractivity contribution in [1.82, 2.24) is 20.0 Å². The largest absolute Gasteiger partial charge is 0.459 e. The van der Waals surface area contributed by atoms with E-state index in [1.165, 1.54) is 0 Å². The third kappa shape index (κ3) is 4.84. The lowest BCUT2D eigenvalue weighted by atomic mass is 10.2. The Morgan fingerprint density at radius 3 is 2.67 bits per heavy atom. The topological polar surface area (TPSA) is 78.9 Å². The molecule has 0 aliphatic carbocycles. The van der Waals surface area contributed by atoms with Gasteiger partial charge in [-0.2, -0.15) is 5.10 Å². The van der Waals surface area contributed by atoms with Gasteiger partial charge >= 0.3 is 0 Å². The molecule has 1 aliphatic heterocycles. The van der Waals surface area contributed by atoms with Crippen molar-refractivity contribution in [2.45, 2.75) is 6.54 Å². The zero-order chi connectivity index (χ0) is 20.2. The number of anilines is 1. The van der Waals surface area contributed by atoms with E-state index in [4.69, 9.17) is 4.42 Å². The van der Waals surface area contributed by atoms with Gasteiger partial charge in [0.15, 0.2) is 5.96 Å². The predicted octanol–water partition coefficient (Wildman–Crippen LogP) is 2.72. The molecule has 158 valence electrons. The third-order valence-electron chi connectivity index (χ3n) is 4.88. The molecule has 30 heavy (non-hydrogen) atoms. The number of piperazine rings is 1. The fourth-order valence-corrected chi connectivity index (χ4v) is 3.40. The number of furan rings is 1. The molecule has 0 unspecified atom stereocenters. The lowest BCUT2D eigenvalue weighted by Crippen LogP contribution is -2.55. The maximum atomic E-state index is 12.6. The summed E-state index contributed by atoms with van der Waals surface area (Å²) >= 11 is 0. The number of hydrogen-bond donors (Lipinski definition) is 1. The van der Waals surface area contributed by atoms with Crippen molar-refractivity contribution in [2.24, 2.45) is 12.0 Å². The Labute approximate surface area is 192 Å². The van der Waals surface area contributed by atoms with E-state index in [0.29, 0.717) is 25.6 Å². The van der Waals surface area contributed by atoms with Crippen LogP contribution in [0, 0.1) is 0 Å². The first-order chi connectivity index (χ1) is 14.1. The standard InChI is InChI=1S/C21H24N6O2.HI/c1-22-21(23-13-18-8-9-19(29-18)16-6-4-3-5-7-16)26-10-11-27(20(28)15-26)17-12-24-25(2)14-17;/h3-9,12,14H,10-11,13,15H2,1-2H3,(H,22,23);1H. The number of nitrogens with one attached hydrogen (secondary N) is 1. The van der Waals surface area contributed by atoms with Crippen molar-refractivity contribution in [1.29, 1.82) is 0 Å². The normalized spacial score (nSPS) is 14.6. The van der Waals surface area contributed by atoms with E-state index in [1.807, 2.05) is 60.6 Å². The highest BCUT2D eigenvalue weighted by Gasteiger charge is 2.27. The van der Waals surface area contributed by atoms with Crippen molar-refractivity contribution in [3.8, 4) is 11.3 Å². The molecule has 0 spiro atoms. The summed E-state index contributed by atoms with van der Waals surface area (Å²) in [6, 6.07) is 13.9. The summed E-state index contributed by atoms with van der Waals surface area (Å²) in [6.45, 7) is 2.04. The quantitative estimate of drug-likeness (QED) is 0.325. The minimum absolute atomic E-state index is 0. The number of amides is 1. The summed E-state index contributed by atoms with van der Waals surface area (Å²) in [4.78, 5) is 20.7. The van der Waals surface area contributed by atoms with Gasteiger partial charge in [0.1, 0.15) is 18.1 Å². The van der Waals surface area contributed by atoms with Gasteiger partial charge in [-0.15, -0.1) is 24.0 Å². The van der Waals surface area contributed by atoms with Crippen molar-refractivity contribution < 1.29 is 9.21 Å². The molecule has 1 amide bonds. The number of nitrogens with zero attached hydrogens (tertiary/aromatic N) is 5. The zero-order valence-electron chi connectivity index (χ0n) is 17.0. The number of carbonyl (C=O) groups is 1. The summed E-state index contributed by atoms with van der Waals surface area (Å²) in [7, 11) is 3.56. The first-order valence-electron chi connectivity index (χ1n) is 9.53. The first-order valence-corrected chi connectivity index (χ1v) is 9.53. The van der Waals surface area contributed by atoms with Gasteiger partial charge in [0, 0.05) is 38.9 Å². The number of benzene rings is 1. The Balaban J connectivity index is 0.00000256. The van der Waals surface area contributed by atoms with Crippen LogP contribution in [0.5, 0.6) is 0 Å². The summed E-state index contributed by atoms with van der Waals surface area (Å²) in [5, 5.41) is 7.44. The Hall–Kier alpha value is -2.82. The minimum Gasteiger partial charge on any atom is -0.459 e. The van der Waals surface area contributed by atoms with E-state index in [9.17, 15) is 4.79 Å². The molecule has 1 N–H and O–H groups in total. The van der Waals surface area contributed by atoms with E-state index >= 15 is 0 Å². The Morgan fingerprint density at radius 2 is 2.00 bits per heavy atom. The number of rotatable bonds is 4. The molecule has 3 aromatic rings. The van der Waals surface area contributed by atoms with Gasteiger partial charge in [0.05, 0.1) is 18.4 Å². The van der Waals surface area contributed by atoms with Crippen LogP contribution in [0.4, 0.5) is 5.69 Å². The Kier molecular flexibility index (Phi) is 7.14. The molecule has 1 saturated heterocycles. The second-order valence-corrected chi connectivity index (χ2v) is 6.87. The molecule has 1 aromatic carbocycles. The van der Waals surface area contributed by atoms with Crippen LogP contribution in [-0.2, 0) is 18.4 Å². The van der Waals surface area contributed by atoms with Crippen molar-refractivity contribution in [3.05, 3.63) is 60.6 Å². The molecule has 9 heteroatoms. The third-order valence-corrected chi connectivity index (χ3v) is 4.88. The number of aryl methyl sites for hydroxylation is 1. The van der Waals surface area contributed by atoms with Crippen molar-refractivity contribution in [3.63, 3.8) is 0 Å². The van der Waals surface area contributed by atoms with Crippen molar-refractivity contribution >= 4 is 41.5 Å². The zero-order valence-corrected chi connectivity index (χ0v) is 19.3. The highest BCUT2D eigenvalue weighted by molar-refractivity contribution is 14.0. The monoisotopic (exact) mass is 520 g/mol. The van der Waals surface area contributed by atoms with Crippen LogP contribution >= 0.6 is 24.0 Å². The molecule has 3 heterocycles. The average Bonchev–Trinajstić information content (AvgIpc) is 3.38. The summed E-state index contributed by atoms with van der Waals surface area (Å²) in [5.41, 5.74) is 1.87. The number of halogens is 1. The number of guanidine groups is 1. The molecule has 2 aromatic heterocycles. The average molecular weight is 520 g/mol. The predicted molar refractivity (Wildman–Crippen MR) is 127 cm³/mol. The minimum atomic E-state index is 0. The molecule has 0 bridgehead atoms. The number of aromatic nitrogens is 2. The maximum Gasteiger partial charge on any atom is 0.246 e. The van der Waals surface area contributed by atoms with Crippen LogP contribution in [0.1, 0.15) is 5.76 Å². The highest BCUT2D eigenvalue weighted by atomic mass is 127. The molecular formula is C21H25IN6O2. The van der Waals surface area contributed by atoms with Gasteiger partial charge < -0.3 is 19.5 Å². The summed E-state index contributed by atoms with van der Waals surface area (Å²) in [5.74, 6) is 2.35. The lowest BCUT2D eigenvalue weighted by molar-refractivity contribution is -0.120. The van der Waals surface area contributed by atoms with E-state index < -0.39 is 0 Å². The van der Waals surface area contributed by atoms with Gasteiger partial charge in [-0.25, -0.2) is 0 Å². The molecule has 4 rings (SSSR count). The summed E-state index contributed by atoms with van der Waals surface area (Å²) in [6.07, 6.45) is 3.56. The van der Waals surface area contributed by atoms with Crippen LogP contribution in [-0.4, -0.2) is 53.2 Å². The highest BCUT2D eigenvalue weighted by Crippen LogP contribution is 2.21. The summed E-state index contributed by atoms with van der Waals surface area (Å²) < 4.78 is 7.63. The van der Waals surface area contributed by atoms with Crippen LogP contribution in [0.15, 0.2) is 64.3 Å². The molecule has 0 atom stereocenters. The fraction of sp³-hybridized carbons (Fsp3) is 0.286. The van der Waals surface area contributed by atoms with Gasteiger partial charge in [-0.05, 0) is 12.1 Å². The van der Waals surface area contributed by atoms with Crippen molar-refractivity contribution in [2.75, 3.05) is 31.6 Å². The Morgan fingerprint density at radius 1 is 1.20 bits per heavy atom. The SMILES string of the molecule is CN=C(NCc1ccc(-c2ccccc2)o1)N1CCN(c2cnn(C)c2)C(=O)C1.I. The van der Waals surface area contributed by atoms with Crippen LogP contribution in [0.2, 0.25) is 0 Å². The second kappa shape index (κ2) is 9.79. The molecule has 8 nitrogen and oxygen atoms in total. The first kappa shape index (κ1) is 21.9. The van der Waals surface area contributed by atoms with E-state index in [1.54, 1.807) is 22.8 Å². The number of aliphatic imine (C=N–C) groups is 1. The molecule has 0 radical (unpaired) electrons. The van der Waals surface area contributed by atoms with E-state index in [2.05, 4.69) is 15.4 Å².